The SMILES string of the molecule is CCC1(NCCCc2cccc(N)c2)CCC1. The van der Waals surface area contributed by atoms with Crippen molar-refractivity contribution in [1.29, 1.82) is 0 Å². The van der Waals surface area contributed by atoms with Crippen molar-refractivity contribution in [2.75, 3.05) is 12.3 Å². The average Bonchev–Trinajstić information content (AvgIpc) is 2.27. The molecule has 3 N–H and O–H groups in total. The molecule has 0 unspecified atom stereocenters. The fourth-order valence-electron chi connectivity index (χ4n) is 2.65. The number of rotatable bonds is 6. The summed E-state index contributed by atoms with van der Waals surface area (Å²) < 4.78 is 0. The molecule has 2 heteroatoms. The van der Waals surface area contributed by atoms with Crippen molar-refractivity contribution >= 4 is 5.69 Å². The van der Waals surface area contributed by atoms with Gasteiger partial charge < -0.3 is 11.1 Å². The lowest BCUT2D eigenvalue weighted by Gasteiger charge is -2.42. The van der Waals surface area contributed by atoms with Gasteiger partial charge in [0.15, 0.2) is 0 Å². The summed E-state index contributed by atoms with van der Waals surface area (Å²) in [6.07, 6.45) is 7.72. The Morgan fingerprint density at radius 1 is 1.35 bits per heavy atom. The number of hydrogen-bond acceptors (Lipinski definition) is 2. The van der Waals surface area contributed by atoms with Gasteiger partial charge in [0.25, 0.3) is 0 Å². The summed E-state index contributed by atoms with van der Waals surface area (Å²) in [4.78, 5) is 0. The van der Waals surface area contributed by atoms with Gasteiger partial charge in [-0.05, 0) is 62.8 Å². The lowest BCUT2D eigenvalue weighted by molar-refractivity contribution is 0.177. The zero-order valence-corrected chi connectivity index (χ0v) is 10.8. The Bertz CT molecular complexity index is 350. The van der Waals surface area contributed by atoms with E-state index < -0.39 is 0 Å². The minimum atomic E-state index is 0.482. The minimum Gasteiger partial charge on any atom is -0.399 e. The molecule has 0 saturated heterocycles. The van der Waals surface area contributed by atoms with Crippen LogP contribution in [0.15, 0.2) is 24.3 Å². The molecule has 0 spiro atoms. The van der Waals surface area contributed by atoms with Crippen molar-refractivity contribution < 1.29 is 0 Å². The van der Waals surface area contributed by atoms with E-state index in [9.17, 15) is 0 Å². The smallest absolute Gasteiger partial charge is 0.0316 e. The molecule has 1 aromatic rings. The van der Waals surface area contributed by atoms with Crippen LogP contribution >= 0.6 is 0 Å². The molecule has 0 bridgehead atoms. The Balaban J connectivity index is 1.69. The molecule has 94 valence electrons. The first kappa shape index (κ1) is 12.4. The number of benzene rings is 1. The molecule has 17 heavy (non-hydrogen) atoms. The summed E-state index contributed by atoms with van der Waals surface area (Å²) in [6, 6.07) is 8.23. The van der Waals surface area contributed by atoms with Crippen LogP contribution in [0.3, 0.4) is 0 Å². The van der Waals surface area contributed by atoms with E-state index in [2.05, 4.69) is 24.4 Å². The Morgan fingerprint density at radius 2 is 2.18 bits per heavy atom. The zero-order valence-electron chi connectivity index (χ0n) is 10.8. The molecule has 0 amide bonds. The van der Waals surface area contributed by atoms with Gasteiger partial charge in [0.2, 0.25) is 0 Å². The number of nitrogens with one attached hydrogen (secondary N) is 1. The Kier molecular flexibility index (Phi) is 4.06. The van der Waals surface area contributed by atoms with Crippen molar-refractivity contribution in [3.05, 3.63) is 29.8 Å². The van der Waals surface area contributed by atoms with E-state index in [1.807, 2.05) is 12.1 Å². The number of hydrogen-bond donors (Lipinski definition) is 2. The molecule has 0 atom stereocenters. The topological polar surface area (TPSA) is 38.0 Å². The zero-order chi connectivity index (χ0) is 12.1. The van der Waals surface area contributed by atoms with E-state index in [-0.39, 0.29) is 0 Å². The summed E-state index contributed by atoms with van der Waals surface area (Å²) in [7, 11) is 0. The molecule has 2 rings (SSSR count). The maximum Gasteiger partial charge on any atom is 0.0316 e. The first-order valence-electron chi connectivity index (χ1n) is 6.83. The summed E-state index contributed by atoms with van der Waals surface area (Å²) in [5.74, 6) is 0. The Morgan fingerprint density at radius 3 is 2.76 bits per heavy atom. The van der Waals surface area contributed by atoms with Crippen molar-refractivity contribution in [3.63, 3.8) is 0 Å². The summed E-state index contributed by atoms with van der Waals surface area (Å²) in [5.41, 5.74) is 8.48. The van der Waals surface area contributed by atoms with Gasteiger partial charge in [0.1, 0.15) is 0 Å². The first-order valence-corrected chi connectivity index (χ1v) is 6.83. The van der Waals surface area contributed by atoms with Crippen LogP contribution in [0.25, 0.3) is 0 Å². The fraction of sp³-hybridized carbons (Fsp3) is 0.600. The third kappa shape index (κ3) is 3.22. The van der Waals surface area contributed by atoms with Crippen molar-refractivity contribution in [1.82, 2.24) is 5.32 Å². The van der Waals surface area contributed by atoms with Gasteiger partial charge in [-0.2, -0.15) is 0 Å². The van der Waals surface area contributed by atoms with Crippen LogP contribution in [0.2, 0.25) is 0 Å². The maximum absolute atomic E-state index is 5.77. The summed E-state index contributed by atoms with van der Waals surface area (Å²) >= 11 is 0. The second-order valence-electron chi connectivity index (χ2n) is 5.26. The van der Waals surface area contributed by atoms with Gasteiger partial charge in [-0.15, -0.1) is 0 Å². The quantitative estimate of drug-likeness (QED) is 0.584. The second kappa shape index (κ2) is 5.54. The van der Waals surface area contributed by atoms with Crippen molar-refractivity contribution in [2.45, 2.75) is 51.0 Å². The molecule has 0 radical (unpaired) electrons. The average molecular weight is 232 g/mol. The molecular formula is C15H24N2. The van der Waals surface area contributed by atoms with Crippen LogP contribution in [-0.2, 0) is 6.42 Å². The highest BCUT2D eigenvalue weighted by Crippen LogP contribution is 2.34. The van der Waals surface area contributed by atoms with E-state index >= 15 is 0 Å². The maximum atomic E-state index is 5.77. The number of anilines is 1. The molecule has 1 aliphatic carbocycles. The standard InChI is InChI=1S/C15H24N2/c1-2-15(9-5-10-15)17-11-4-7-13-6-3-8-14(16)12-13/h3,6,8,12,17H,2,4-5,7,9-11,16H2,1H3. The molecule has 0 heterocycles. The predicted molar refractivity (Wildman–Crippen MR) is 74.1 cm³/mol. The van der Waals surface area contributed by atoms with Gasteiger partial charge in [-0.1, -0.05) is 19.1 Å². The first-order chi connectivity index (χ1) is 8.24. The van der Waals surface area contributed by atoms with Crippen LogP contribution in [0.1, 0.15) is 44.6 Å². The number of aryl methyl sites for hydroxylation is 1. The van der Waals surface area contributed by atoms with E-state index in [1.165, 1.54) is 37.7 Å². The summed E-state index contributed by atoms with van der Waals surface area (Å²) in [6.45, 7) is 3.42. The Hall–Kier alpha value is -1.02. The van der Waals surface area contributed by atoms with Gasteiger partial charge in [-0.3, -0.25) is 0 Å². The van der Waals surface area contributed by atoms with Crippen LogP contribution < -0.4 is 11.1 Å². The van der Waals surface area contributed by atoms with Crippen LogP contribution in [-0.4, -0.2) is 12.1 Å². The van der Waals surface area contributed by atoms with E-state index in [4.69, 9.17) is 5.73 Å². The lowest BCUT2D eigenvalue weighted by atomic mass is 9.75. The molecule has 1 aromatic carbocycles. The monoisotopic (exact) mass is 232 g/mol. The van der Waals surface area contributed by atoms with E-state index in [0.717, 1.165) is 18.7 Å². The molecule has 1 fully saturated rings. The molecular weight excluding hydrogens is 208 g/mol. The molecule has 0 aliphatic heterocycles. The lowest BCUT2D eigenvalue weighted by Crippen LogP contribution is -2.50. The van der Waals surface area contributed by atoms with E-state index in [0.29, 0.717) is 5.54 Å². The minimum absolute atomic E-state index is 0.482. The fourth-order valence-corrected chi connectivity index (χ4v) is 2.65. The number of nitrogens with two attached hydrogens (primary N) is 1. The molecule has 2 nitrogen and oxygen atoms in total. The number of nitrogen functional groups attached to an aromatic ring is 1. The second-order valence-corrected chi connectivity index (χ2v) is 5.26. The van der Waals surface area contributed by atoms with Crippen LogP contribution in [0.5, 0.6) is 0 Å². The normalized spacial score (nSPS) is 17.7. The van der Waals surface area contributed by atoms with Gasteiger partial charge in [0, 0.05) is 11.2 Å². The van der Waals surface area contributed by atoms with Crippen LogP contribution in [0, 0.1) is 0 Å². The highest BCUT2D eigenvalue weighted by molar-refractivity contribution is 5.40. The molecule has 1 saturated carbocycles. The molecule has 0 aromatic heterocycles. The van der Waals surface area contributed by atoms with Crippen LogP contribution in [0.4, 0.5) is 5.69 Å². The van der Waals surface area contributed by atoms with Gasteiger partial charge in [-0.25, -0.2) is 0 Å². The highest BCUT2D eigenvalue weighted by Gasteiger charge is 2.33. The Labute approximate surface area is 105 Å². The van der Waals surface area contributed by atoms with Gasteiger partial charge in [0.05, 0.1) is 0 Å². The van der Waals surface area contributed by atoms with E-state index in [1.54, 1.807) is 0 Å². The van der Waals surface area contributed by atoms with Crippen molar-refractivity contribution in [2.24, 2.45) is 0 Å². The third-order valence-electron chi connectivity index (χ3n) is 4.08. The summed E-state index contributed by atoms with van der Waals surface area (Å²) in [5, 5.41) is 3.74. The molecule has 1 aliphatic rings. The van der Waals surface area contributed by atoms with Crippen molar-refractivity contribution in [3.8, 4) is 0 Å². The predicted octanol–water partition coefficient (Wildman–Crippen LogP) is 3.12. The third-order valence-corrected chi connectivity index (χ3v) is 4.08. The largest absolute Gasteiger partial charge is 0.399 e. The van der Waals surface area contributed by atoms with Gasteiger partial charge >= 0.3 is 0 Å². The highest BCUT2D eigenvalue weighted by atomic mass is 15.0.